The van der Waals surface area contributed by atoms with E-state index in [0.29, 0.717) is 4.34 Å². The Morgan fingerprint density at radius 2 is 2.21 bits per heavy atom. The Morgan fingerprint density at radius 1 is 1.64 bits per heavy atom. The molecule has 0 fully saturated rings. The highest BCUT2D eigenvalue weighted by molar-refractivity contribution is 7.16. The lowest BCUT2D eigenvalue weighted by Gasteiger charge is -2.25. The topological polar surface area (TPSA) is 63.3 Å². The van der Waals surface area contributed by atoms with Crippen LogP contribution in [0.15, 0.2) is 12.1 Å². The highest BCUT2D eigenvalue weighted by Gasteiger charge is 2.36. The van der Waals surface area contributed by atoms with Gasteiger partial charge in [-0.05, 0) is 26.0 Å². The van der Waals surface area contributed by atoms with Gasteiger partial charge >= 0.3 is 5.97 Å². The predicted molar refractivity (Wildman–Crippen MR) is 57.7 cm³/mol. The summed E-state index contributed by atoms with van der Waals surface area (Å²) in [5.74, 6) is -0.908. The minimum Gasteiger partial charge on any atom is -0.481 e. The second-order valence-corrected chi connectivity index (χ2v) is 5.39. The molecule has 0 saturated carbocycles. The molecule has 0 radical (unpaired) electrons. The molecule has 0 amide bonds. The third-order valence-corrected chi connectivity index (χ3v) is 3.54. The van der Waals surface area contributed by atoms with Gasteiger partial charge in [-0.1, -0.05) is 11.6 Å². The van der Waals surface area contributed by atoms with Crippen LogP contribution in [0.1, 0.15) is 24.8 Å². The summed E-state index contributed by atoms with van der Waals surface area (Å²) in [6, 6.07) is 2.96. The maximum Gasteiger partial charge on any atom is 0.311 e. The van der Waals surface area contributed by atoms with Crippen molar-refractivity contribution in [2.75, 3.05) is 0 Å². The van der Waals surface area contributed by atoms with E-state index in [1.807, 2.05) is 0 Å². The Bertz CT molecular complexity index is 348. The minimum atomic E-state index is -0.978. The molecule has 0 saturated heterocycles. The van der Waals surface area contributed by atoms with Gasteiger partial charge in [-0.3, -0.25) is 4.79 Å². The molecule has 14 heavy (non-hydrogen) atoms. The summed E-state index contributed by atoms with van der Waals surface area (Å²) in [6.45, 7) is 3.21. The van der Waals surface area contributed by atoms with Crippen LogP contribution in [-0.4, -0.2) is 11.1 Å². The molecule has 3 N–H and O–H groups in total. The number of rotatable bonds is 3. The number of carboxylic acids is 1. The first kappa shape index (κ1) is 11.5. The van der Waals surface area contributed by atoms with Gasteiger partial charge in [0.25, 0.3) is 0 Å². The molecule has 1 rings (SSSR count). The summed E-state index contributed by atoms with van der Waals surface area (Å²) in [5.41, 5.74) is 4.88. The van der Waals surface area contributed by atoms with Crippen molar-refractivity contribution >= 4 is 28.9 Å². The number of hydrogen-bond donors (Lipinski definition) is 2. The molecule has 78 valence electrons. The molecule has 0 spiro atoms. The van der Waals surface area contributed by atoms with E-state index in [0.717, 1.165) is 4.88 Å². The minimum absolute atomic E-state index is 0.530. The van der Waals surface area contributed by atoms with Crippen molar-refractivity contribution in [1.82, 2.24) is 0 Å². The lowest BCUT2D eigenvalue weighted by Crippen LogP contribution is -2.35. The average Bonchev–Trinajstić information content (AvgIpc) is 2.50. The summed E-state index contributed by atoms with van der Waals surface area (Å²) in [7, 11) is 0. The quantitative estimate of drug-likeness (QED) is 0.843. The van der Waals surface area contributed by atoms with Crippen molar-refractivity contribution in [3.05, 3.63) is 21.3 Å². The van der Waals surface area contributed by atoms with E-state index >= 15 is 0 Å². The van der Waals surface area contributed by atoms with E-state index in [4.69, 9.17) is 22.4 Å². The molecule has 1 heterocycles. The van der Waals surface area contributed by atoms with Crippen LogP contribution >= 0.6 is 22.9 Å². The first-order valence-electron chi connectivity index (χ1n) is 4.10. The molecule has 1 aromatic heterocycles. The van der Waals surface area contributed by atoms with Crippen LogP contribution in [0, 0.1) is 5.41 Å². The first-order chi connectivity index (χ1) is 6.35. The van der Waals surface area contributed by atoms with Crippen molar-refractivity contribution in [2.24, 2.45) is 11.1 Å². The number of aliphatic carboxylic acids is 1. The standard InChI is InChI=1S/C9H12ClNO2S/c1-9(2,8(12)13)7(11)5-3-4-6(10)14-5/h3-4,7H,11H2,1-2H3,(H,12,13). The molecule has 0 aromatic carbocycles. The van der Waals surface area contributed by atoms with Gasteiger partial charge in [-0.25, -0.2) is 0 Å². The van der Waals surface area contributed by atoms with Crippen molar-refractivity contribution in [3.63, 3.8) is 0 Å². The largest absolute Gasteiger partial charge is 0.481 e. The number of carbonyl (C=O) groups is 1. The van der Waals surface area contributed by atoms with Crippen molar-refractivity contribution in [1.29, 1.82) is 0 Å². The van der Waals surface area contributed by atoms with Crippen LogP contribution in [0.4, 0.5) is 0 Å². The lowest BCUT2D eigenvalue weighted by atomic mass is 9.84. The van der Waals surface area contributed by atoms with Crippen LogP contribution < -0.4 is 5.73 Å². The van der Waals surface area contributed by atoms with E-state index in [1.165, 1.54) is 11.3 Å². The van der Waals surface area contributed by atoms with Crippen LogP contribution in [0.25, 0.3) is 0 Å². The van der Waals surface area contributed by atoms with E-state index in [9.17, 15) is 4.79 Å². The second-order valence-electron chi connectivity index (χ2n) is 3.65. The monoisotopic (exact) mass is 233 g/mol. The maximum atomic E-state index is 10.9. The normalized spacial score (nSPS) is 14.0. The predicted octanol–water partition coefficient (Wildman–Crippen LogP) is 2.51. The van der Waals surface area contributed by atoms with Crippen LogP contribution in [0.2, 0.25) is 4.34 Å². The van der Waals surface area contributed by atoms with Crippen molar-refractivity contribution in [3.8, 4) is 0 Å². The Kier molecular flexibility index (Phi) is 3.19. The molecule has 5 heteroatoms. The number of carboxylic acid groups (broad SMARTS) is 1. The van der Waals surface area contributed by atoms with Gasteiger partial charge in [0.1, 0.15) is 0 Å². The molecule has 1 unspecified atom stereocenters. The Hall–Kier alpha value is -0.580. The summed E-state index contributed by atoms with van der Waals surface area (Å²) in [6.07, 6.45) is 0. The van der Waals surface area contributed by atoms with Crippen LogP contribution in [-0.2, 0) is 4.79 Å². The summed E-state index contributed by atoms with van der Waals surface area (Å²) < 4.78 is 0.622. The SMILES string of the molecule is CC(C)(C(=O)O)C(N)c1ccc(Cl)s1. The highest BCUT2D eigenvalue weighted by atomic mass is 35.5. The number of hydrogen-bond acceptors (Lipinski definition) is 3. The van der Waals surface area contributed by atoms with E-state index in [1.54, 1.807) is 26.0 Å². The molecular formula is C9H12ClNO2S. The van der Waals surface area contributed by atoms with Crippen LogP contribution in [0.3, 0.4) is 0 Å². The Morgan fingerprint density at radius 3 is 2.57 bits per heavy atom. The molecule has 0 bridgehead atoms. The smallest absolute Gasteiger partial charge is 0.311 e. The maximum absolute atomic E-state index is 10.9. The molecule has 3 nitrogen and oxygen atoms in total. The van der Waals surface area contributed by atoms with Gasteiger partial charge in [0.05, 0.1) is 15.8 Å². The van der Waals surface area contributed by atoms with E-state index in [-0.39, 0.29) is 0 Å². The summed E-state index contributed by atoms with van der Waals surface area (Å²) >= 11 is 7.07. The molecule has 0 aliphatic rings. The van der Waals surface area contributed by atoms with E-state index in [2.05, 4.69) is 0 Å². The molecule has 1 atom stereocenters. The fourth-order valence-corrected chi connectivity index (χ4v) is 2.23. The third kappa shape index (κ3) is 2.08. The zero-order valence-corrected chi connectivity index (χ0v) is 9.52. The fraction of sp³-hybridized carbons (Fsp3) is 0.444. The zero-order chi connectivity index (χ0) is 10.9. The lowest BCUT2D eigenvalue weighted by molar-refractivity contribution is -0.148. The fourth-order valence-electron chi connectivity index (χ4n) is 0.984. The average molecular weight is 234 g/mol. The number of halogens is 1. The molecule has 0 aliphatic heterocycles. The van der Waals surface area contributed by atoms with Gasteiger partial charge in [0, 0.05) is 4.88 Å². The summed E-state index contributed by atoms with van der Waals surface area (Å²) in [5, 5.41) is 8.97. The Balaban J connectivity index is 2.95. The van der Waals surface area contributed by atoms with Crippen LogP contribution in [0.5, 0.6) is 0 Å². The number of nitrogens with two attached hydrogens (primary N) is 1. The van der Waals surface area contributed by atoms with Gasteiger partial charge in [-0.15, -0.1) is 11.3 Å². The molecule has 0 aliphatic carbocycles. The zero-order valence-electron chi connectivity index (χ0n) is 7.95. The number of thiophene rings is 1. The molecular weight excluding hydrogens is 222 g/mol. The molecule has 1 aromatic rings. The van der Waals surface area contributed by atoms with Gasteiger partial charge in [0.15, 0.2) is 0 Å². The van der Waals surface area contributed by atoms with Gasteiger partial charge in [0.2, 0.25) is 0 Å². The summed E-state index contributed by atoms with van der Waals surface area (Å²) in [4.78, 5) is 11.7. The third-order valence-electron chi connectivity index (χ3n) is 2.23. The second kappa shape index (κ2) is 3.88. The van der Waals surface area contributed by atoms with E-state index < -0.39 is 17.4 Å². The highest BCUT2D eigenvalue weighted by Crippen LogP contribution is 2.36. The van der Waals surface area contributed by atoms with Crippen molar-refractivity contribution in [2.45, 2.75) is 19.9 Å². The van der Waals surface area contributed by atoms with Gasteiger partial charge < -0.3 is 10.8 Å². The first-order valence-corrected chi connectivity index (χ1v) is 5.29. The van der Waals surface area contributed by atoms with Crippen molar-refractivity contribution < 1.29 is 9.90 Å². The van der Waals surface area contributed by atoms with Gasteiger partial charge in [-0.2, -0.15) is 0 Å². The Labute approximate surface area is 91.5 Å².